The predicted molar refractivity (Wildman–Crippen MR) is 98.9 cm³/mol. The van der Waals surface area contributed by atoms with Gasteiger partial charge in [-0.05, 0) is 31.5 Å². The van der Waals surface area contributed by atoms with Crippen LogP contribution in [0.5, 0.6) is 0 Å². The van der Waals surface area contributed by atoms with E-state index in [9.17, 15) is 14.0 Å². The number of pyridine rings is 1. The van der Waals surface area contributed by atoms with Crippen molar-refractivity contribution in [3.05, 3.63) is 62.2 Å². The van der Waals surface area contributed by atoms with Gasteiger partial charge in [0, 0.05) is 12.6 Å². The van der Waals surface area contributed by atoms with Gasteiger partial charge in [0.05, 0.1) is 17.8 Å². The third-order valence-electron chi connectivity index (χ3n) is 4.19. The summed E-state index contributed by atoms with van der Waals surface area (Å²) >= 11 is 0. The lowest BCUT2D eigenvalue weighted by Gasteiger charge is -2.16. The molecule has 2 aromatic heterocycles. The highest BCUT2D eigenvalue weighted by Gasteiger charge is 2.19. The molecule has 142 valence electrons. The Morgan fingerprint density at radius 3 is 2.67 bits per heavy atom. The van der Waals surface area contributed by atoms with Crippen LogP contribution in [-0.2, 0) is 7.05 Å². The molecule has 0 saturated heterocycles. The van der Waals surface area contributed by atoms with Gasteiger partial charge in [-0.25, -0.2) is 9.37 Å². The van der Waals surface area contributed by atoms with Gasteiger partial charge in [-0.3, -0.25) is 14.2 Å². The van der Waals surface area contributed by atoms with Gasteiger partial charge in [-0.2, -0.15) is 0 Å². The van der Waals surface area contributed by atoms with Crippen LogP contribution in [0.2, 0.25) is 0 Å². The van der Waals surface area contributed by atoms with Crippen molar-refractivity contribution in [2.45, 2.75) is 13.8 Å². The fourth-order valence-electron chi connectivity index (χ4n) is 2.79. The largest absolute Gasteiger partial charge is 0.407 e. The number of aliphatic hydroxyl groups is 1. The molecule has 2 heterocycles. The minimum absolute atomic E-state index is 0.0787. The van der Waals surface area contributed by atoms with Gasteiger partial charge >= 0.3 is 0 Å². The summed E-state index contributed by atoms with van der Waals surface area (Å²) in [7, 11) is 1.48. The van der Waals surface area contributed by atoms with E-state index < -0.39 is 11.4 Å². The third-order valence-corrected chi connectivity index (χ3v) is 4.19. The normalized spacial score (nSPS) is 11.0. The Morgan fingerprint density at radius 1 is 1.26 bits per heavy atom. The first-order valence-corrected chi connectivity index (χ1v) is 8.23. The third kappa shape index (κ3) is 3.28. The predicted octanol–water partition coefficient (Wildman–Crippen LogP) is 1.02. The lowest BCUT2D eigenvalue weighted by atomic mass is 10.1. The first kappa shape index (κ1) is 18.6. The molecule has 2 N–H and O–H groups in total. The van der Waals surface area contributed by atoms with Crippen LogP contribution in [0.1, 0.15) is 11.1 Å². The second-order valence-corrected chi connectivity index (χ2v) is 6.10. The fraction of sp³-hybridized carbons (Fsp3) is 0.278. The highest BCUT2D eigenvalue weighted by Crippen LogP contribution is 2.25. The van der Waals surface area contributed by atoms with Gasteiger partial charge in [-0.15, -0.1) is 4.73 Å². The molecule has 0 amide bonds. The number of nitrogens with zero attached hydrogens (tertiary/aromatic N) is 3. The first-order valence-electron chi connectivity index (χ1n) is 8.23. The van der Waals surface area contributed by atoms with Crippen molar-refractivity contribution in [1.29, 1.82) is 0 Å². The van der Waals surface area contributed by atoms with Crippen LogP contribution in [0.25, 0.3) is 10.9 Å². The van der Waals surface area contributed by atoms with Crippen LogP contribution in [0.15, 0.2) is 34.1 Å². The Hall–Kier alpha value is -3.20. The monoisotopic (exact) mass is 374 g/mol. The van der Waals surface area contributed by atoms with Gasteiger partial charge in [0.2, 0.25) is 0 Å². The lowest BCUT2D eigenvalue weighted by molar-refractivity contribution is 0.0683. The van der Waals surface area contributed by atoms with E-state index in [2.05, 4.69) is 10.3 Å². The Kier molecular flexibility index (Phi) is 4.95. The summed E-state index contributed by atoms with van der Waals surface area (Å²) in [5.74, 6) is -0.417. The number of aryl methyl sites for hydroxylation is 2. The van der Waals surface area contributed by atoms with Crippen LogP contribution in [-0.4, -0.2) is 32.6 Å². The molecular formula is C18H19FN4O4. The van der Waals surface area contributed by atoms with E-state index in [1.54, 1.807) is 19.9 Å². The van der Waals surface area contributed by atoms with Crippen molar-refractivity contribution in [1.82, 2.24) is 14.3 Å². The van der Waals surface area contributed by atoms with Crippen molar-refractivity contribution < 1.29 is 14.3 Å². The molecule has 1 aromatic carbocycles. The molecule has 9 heteroatoms. The zero-order valence-corrected chi connectivity index (χ0v) is 15.1. The summed E-state index contributed by atoms with van der Waals surface area (Å²) < 4.78 is 16.4. The maximum absolute atomic E-state index is 14.3. The number of halogens is 1. The molecule has 0 aliphatic carbocycles. The number of aromatic nitrogens is 3. The number of rotatable bonds is 5. The van der Waals surface area contributed by atoms with Gasteiger partial charge < -0.3 is 15.3 Å². The molecule has 0 spiro atoms. The van der Waals surface area contributed by atoms with Crippen LogP contribution < -0.4 is 21.3 Å². The molecule has 3 aromatic rings. The first-order chi connectivity index (χ1) is 12.8. The van der Waals surface area contributed by atoms with Crippen molar-refractivity contribution >= 4 is 22.4 Å². The number of fused-ring (bicyclic) bond motifs is 1. The van der Waals surface area contributed by atoms with Crippen molar-refractivity contribution in [2.24, 2.45) is 7.05 Å². The zero-order valence-electron chi connectivity index (χ0n) is 15.1. The molecule has 0 unspecified atom stereocenters. The lowest BCUT2D eigenvalue weighted by Crippen LogP contribution is -2.32. The topological polar surface area (TPSA) is 98.4 Å². The van der Waals surface area contributed by atoms with E-state index in [-0.39, 0.29) is 46.7 Å². The molecule has 3 rings (SSSR count). The number of hydrogen-bond donors (Lipinski definition) is 2. The number of hydrogen-bond acceptors (Lipinski definition) is 6. The fourth-order valence-corrected chi connectivity index (χ4v) is 2.79. The van der Waals surface area contributed by atoms with E-state index in [0.717, 1.165) is 16.6 Å². The van der Waals surface area contributed by atoms with Gasteiger partial charge in [0.25, 0.3) is 11.1 Å². The molecule has 8 nitrogen and oxygen atoms in total. The maximum Gasteiger partial charge on any atom is 0.297 e. The average molecular weight is 374 g/mol. The molecule has 27 heavy (non-hydrogen) atoms. The number of nitrogens with one attached hydrogen (secondary N) is 1. The zero-order chi connectivity index (χ0) is 19.7. The van der Waals surface area contributed by atoms with Gasteiger partial charge in [0.1, 0.15) is 30.0 Å². The minimum atomic E-state index is -0.581. The second-order valence-electron chi connectivity index (χ2n) is 6.10. The molecule has 0 atom stereocenters. The molecule has 0 saturated carbocycles. The van der Waals surface area contributed by atoms with E-state index in [0.29, 0.717) is 0 Å². The Labute approximate surface area is 153 Å². The summed E-state index contributed by atoms with van der Waals surface area (Å²) in [6.07, 6.45) is 1.14. The Morgan fingerprint density at radius 2 is 2.00 bits per heavy atom. The molecule has 0 fully saturated rings. The summed E-state index contributed by atoms with van der Waals surface area (Å²) in [4.78, 5) is 34.7. The maximum atomic E-state index is 14.3. The van der Waals surface area contributed by atoms with E-state index in [1.165, 1.54) is 23.7 Å². The van der Waals surface area contributed by atoms with Crippen molar-refractivity contribution in [3.63, 3.8) is 0 Å². The molecule has 0 aliphatic rings. The number of benzene rings is 1. The average Bonchev–Trinajstić information content (AvgIpc) is 2.64. The summed E-state index contributed by atoms with van der Waals surface area (Å²) in [5, 5.41) is 11.8. The highest BCUT2D eigenvalue weighted by molar-refractivity contribution is 5.92. The van der Waals surface area contributed by atoms with Crippen LogP contribution in [0.4, 0.5) is 15.9 Å². The molecule has 0 aliphatic heterocycles. The van der Waals surface area contributed by atoms with Crippen LogP contribution in [0, 0.1) is 19.7 Å². The summed E-state index contributed by atoms with van der Waals surface area (Å²) in [5.41, 5.74) is 0.394. The van der Waals surface area contributed by atoms with Gasteiger partial charge in [-0.1, -0.05) is 6.07 Å². The standard InChI is InChI=1S/C18H19FN4O4/c1-10-4-5-13(12(19)8-10)21-16-14-15(11(2)17(25)22(16)3)20-9-23(18(14)26)27-7-6-24/h4-5,8-9,21,24H,6-7H2,1-3H3. The summed E-state index contributed by atoms with van der Waals surface area (Å²) in [6, 6.07) is 4.58. The Bertz CT molecular complexity index is 1140. The SMILES string of the molecule is Cc1ccc(Nc2c3c(=O)n(OCCO)cnc3c(C)c(=O)n2C)c(F)c1. The quantitative estimate of drug-likeness (QED) is 0.692. The Balaban J connectivity index is 2.29. The van der Waals surface area contributed by atoms with Crippen LogP contribution >= 0.6 is 0 Å². The number of aliphatic hydroxyl groups excluding tert-OH is 1. The second kappa shape index (κ2) is 7.20. The minimum Gasteiger partial charge on any atom is -0.407 e. The van der Waals surface area contributed by atoms with E-state index in [4.69, 9.17) is 9.94 Å². The van der Waals surface area contributed by atoms with Gasteiger partial charge in [0.15, 0.2) is 0 Å². The smallest absolute Gasteiger partial charge is 0.297 e. The molecule has 0 radical (unpaired) electrons. The van der Waals surface area contributed by atoms with E-state index >= 15 is 0 Å². The van der Waals surface area contributed by atoms with Crippen molar-refractivity contribution in [2.75, 3.05) is 18.5 Å². The van der Waals surface area contributed by atoms with E-state index in [1.807, 2.05) is 0 Å². The van der Waals surface area contributed by atoms with Crippen LogP contribution in [0.3, 0.4) is 0 Å². The van der Waals surface area contributed by atoms with Crippen molar-refractivity contribution in [3.8, 4) is 0 Å². The summed E-state index contributed by atoms with van der Waals surface area (Å²) in [6.45, 7) is 2.93. The molecule has 0 bridgehead atoms. The molecular weight excluding hydrogens is 355 g/mol. The highest BCUT2D eigenvalue weighted by atomic mass is 19.1. The number of anilines is 2.